The summed E-state index contributed by atoms with van der Waals surface area (Å²) in [5, 5.41) is 7.29. The first-order valence-corrected chi connectivity index (χ1v) is 4.37. The van der Waals surface area contributed by atoms with Gasteiger partial charge in [0.2, 0.25) is 0 Å². The van der Waals surface area contributed by atoms with E-state index in [1.165, 1.54) is 7.11 Å². The molecule has 1 aromatic rings. The first-order valence-electron chi connectivity index (χ1n) is 3.58. The predicted molar refractivity (Wildman–Crippen MR) is 52.6 cm³/mol. The van der Waals surface area contributed by atoms with Crippen molar-refractivity contribution >= 4 is 21.8 Å². The van der Waals surface area contributed by atoms with E-state index in [2.05, 4.69) is 15.9 Å². The molecule has 1 aromatic carbocycles. The Bertz CT molecular complexity index is 268. The average Bonchev–Trinajstić information content (AvgIpc) is 2.09. The number of methoxy groups -OCH3 is 1. The van der Waals surface area contributed by atoms with Gasteiger partial charge in [0.05, 0.1) is 7.11 Å². The van der Waals surface area contributed by atoms with Crippen molar-refractivity contribution in [3.05, 3.63) is 34.3 Å². The maximum Gasteiger partial charge on any atom is 0.184 e. The van der Waals surface area contributed by atoms with Gasteiger partial charge in [0.1, 0.15) is 0 Å². The van der Waals surface area contributed by atoms with Crippen molar-refractivity contribution in [3.63, 3.8) is 0 Å². The maximum atomic E-state index is 7.29. The number of ether oxygens (including phenoxy) is 1. The molecule has 0 saturated heterocycles. The van der Waals surface area contributed by atoms with Crippen molar-refractivity contribution in [2.75, 3.05) is 7.11 Å². The van der Waals surface area contributed by atoms with Gasteiger partial charge in [-0.1, -0.05) is 28.1 Å². The Hall–Kier alpha value is -0.830. The molecule has 64 valence electrons. The summed E-state index contributed by atoms with van der Waals surface area (Å²) < 4.78 is 5.81. The minimum atomic E-state index is 0.289. The lowest BCUT2D eigenvalue weighted by Gasteiger charge is -2.01. The lowest BCUT2D eigenvalue weighted by Crippen LogP contribution is -2.02. The highest BCUT2D eigenvalue weighted by Gasteiger charge is 1.97. The van der Waals surface area contributed by atoms with Crippen molar-refractivity contribution < 1.29 is 4.74 Å². The van der Waals surface area contributed by atoms with Crippen LogP contribution in [-0.2, 0) is 11.2 Å². The fourth-order valence-corrected chi connectivity index (χ4v) is 1.12. The third-order valence-electron chi connectivity index (χ3n) is 1.52. The molecule has 0 unspecified atom stereocenters. The number of rotatable bonds is 2. The van der Waals surface area contributed by atoms with Crippen LogP contribution in [-0.4, -0.2) is 13.0 Å². The van der Waals surface area contributed by atoms with Crippen molar-refractivity contribution in [2.24, 2.45) is 0 Å². The van der Waals surface area contributed by atoms with Gasteiger partial charge in [0.15, 0.2) is 5.90 Å². The van der Waals surface area contributed by atoms with E-state index in [9.17, 15) is 0 Å². The van der Waals surface area contributed by atoms with Gasteiger partial charge < -0.3 is 4.74 Å². The van der Waals surface area contributed by atoms with Gasteiger partial charge in [-0.3, -0.25) is 5.41 Å². The largest absolute Gasteiger partial charge is 0.484 e. The average molecular weight is 228 g/mol. The van der Waals surface area contributed by atoms with Gasteiger partial charge in [-0.05, 0) is 17.7 Å². The number of hydrogen-bond acceptors (Lipinski definition) is 2. The van der Waals surface area contributed by atoms with E-state index in [1.54, 1.807) is 0 Å². The van der Waals surface area contributed by atoms with E-state index in [1.807, 2.05) is 24.3 Å². The molecule has 0 heterocycles. The van der Waals surface area contributed by atoms with Crippen molar-refractivity contribution in [2.45, 2.75) is 6.42 Å². The third-order valence-corrected chi connectivity index (χ3v) is 2.05. The smallest absolute Gasteiger partial charge is 0.184 e. The number of benzene rings is 1. The van der Waals surface area contributed by atoms with Crippen LogP contribution in [0, 0.1) is 5.41 Å². The third kappa shape index (κ3) is 2.66. The van der Waals surface area contributed by atoms with E-state index in [-0.39, 0.29) is 5.90 Å². The molecule has 1 N–H and O–H groups in total. The number of nitrogens with one attached hydrogen (secondary N) is 1. The highest BCUT2D eigenvalue weighted by molar-refractivity contribution is 9.10. The van der Waals surface area contributed by atoms with Crippen LogP contribution in [0.3, 0.4) is 0 Å². The lowest BCUT2D eigenvalue weighted by molar-refractivity contribution is 0.390. The Morgan fingerprint density at radius 1 is 1.42 bits per heavy atom. The van der Waals surface area contributed by atoms with Crippen molar-refractivity contribution in [3.8, 4) is 0 Å². The second-order valence-corrected chi connectivity index (χ2v) is 3.35. The molecule has 0 spiro atoms. The SMILES string of the molecule is COC(=N)Cc1ccc(Br)cc1. The number of halogens is 1. The van der Waals surface area contributed by atoms with Crippen LogP contribution in [0.2, 0.25) is 0 Å². The molecule has 12 heavy (non-hydrogen) atoms. The Morgan fingerprint density at radius 2 is 2.00 bits per heavy atom. The second kappa shape index (κ2) is 4.26. The van der Waals surface area contributed by atoms with E-state index in [0.717, 1.165) is 10.0 Å². The Kier molecular flexibility index (Phi) is 3.29. The van der Waals surface area contributed by atoms with Gasteiger partial charge in [-0.25, -0.2) is 0 Å². The van der Waals surface area contributed by atoms with Crippen LogP contribution in [0.25, 0.3) is 0 Å². The lowest BCUT2D eigenvalue weighted by atomic mass is 10.1. The summed E-state index contributed by atoms with van der Waals surface area (Å²) in [4.78, 5) is 0. The highest BCUT2D eigenvalue weighted by Crippen LogP contribution is 2.10. The zero-order valence-electron chi connectivity index (χ0n) is 6.80. The van der Waals surface area contributed by atoms with Gasteiger partial charge in [0.25, 0.3) is 0 Å². The summed E-state index contributed by atoms with van der Waals surface area (Å²) in [5.41, 5.74) is 1.09. The topological polar surface area (TPSA) is 33.1 Å². The molecule has 0 aliphatic carbocycles. The Labute approximate surface area is 80.2 Å². The van der Waals surface area contributed by atoms with Crippen molar-refractivity contribution in [1.82, 2.24) is 0 Å². The van der Waals surface area contributed by atoms with Gasteiger partial charge in [-0.2, -0.15) is 0 Å². The molecule has 0 bridgehead atoms. The van der Waals surface area contributed by atoms with Crippen molar-refractivity contribution in [1.29, 1.82) is 5.41 Å². The standard InChI is InChI=1S/C9H10BrNO/c1-12-9(11)6-7-2-4-8(10)5-3-7/h2-5,11H,6H2,1H3. The molecule has 2 nitrogen and oxygen atoms in total. The fourth-order valence-electron chi connectivity index (χ4n) is 0.860. The molecule has 0 amide bonds. The first-order chi connectivity index (χ1) is 5.72. The quantitative estimate of drug-likeness (QED) is 0.612. The van der Waals surface area contributed by atoms with Crippen LogP contribution in [0.15, 0.2) is 28.7 Å². The van der Waals surface area contributed by atoms with E-state index in [0.29, 0.717) is 6.42 Å². The van der Waals surface area contributed by atoms with Crippen LogP contribution in [0.1, 0.15) is 5.56 Å². The van der Waals surface area contributed by atoms with Crippen LogP contribution in [0.5, 0.6) is 0 Å². The fraction of sp³-hybridized carbons (Fsp3) is 0.222. The van der Waals surface area contributed by atoms with Gasteiger partial charge in [-0.15, -0.1) is 0 Å². The van der Waals surface area contributed by atoms with Gasteiger partial charge >= 0.3 is 0 Å². The summed E-state index contributed by atoms with van der Waals surface area (Å²) in [7, 11) is 1.52. The minimum Gasteiger partial charge on any atom is -0.484 e. The molecule has 0 radical (unpaired) electrons. The molecular formula is C9H10BrNO. The second-order valence-electron chi connectivity index (χ2n) is 2.43. The predicted octanol–water partition coefficient (Wildman–Crippen LogP) is 2.62. The molecule has 1 rings (SSSR count). The Morgan fingerprint density at radius 3 is 2.50 bits per heavy atom. The first kappa shape index (κ1) is 9.26. The molecule has 0 aromatic heterocycles. The van der Waals surface area contributed by atoms with E-state index in [4.69, 9.17) is 10.1 Å². The van der Waals surface area contributed by atoms with E-state index < -0.39 is 0 Å². The molecule has 0 atom stereocenters. The molecule has 0 saturated carbocycles. The number of hydrogen-bond donors (Lipinski definition) is 1. The summed E-state index contributed by atoms with van der Waals surface area (Å²) in [5.74, 6) is 0.289. The molecule has 3 heteroatoms. The molecule has 0 aliphatic rings. The normalized spacial score (nSPS) is 9.50. The summed E-state index contributed by atoms with van der Waals surface area (Å²) >= 11 is 3.34. The van der Waals surface area contributed by atoms with Crippen LogP contribution in [0.4, 0.5) is 0 Å². The maximum absolute atomic E-state index is 7.29. The summed E-state index contributed by atoms with van der Waals surface area (Å²) in [6.07, 6.45) is 0.559. The van der Waals surface area contributed by atoms with Crippen LogP contribution < -0.4 is 0 Å². The van der Waals surface area contributed by atoms with Crippen LogP contribution >= 0.6 is 15.9 Å². The zero-order chi connectivity index (χ0) is 8.97. The molecular weight excluding hydrogens is 218 g/mol. The zero-order valence-corrected chi connectivity index (χ0v) is 8.39. The summed E-state index contributed by atoms with van der Waals surface area (Å²) in [6.45, 7) is 0. The Balaban J connectivity index is 2.64. The highest BCUT2D eigenvalue weighted by atomic mass is 79.9. The minimum absolute atomic E-state index is 0.289. The molecule has 0 aliphatic heterocycles. The van der Waals surface area contributed by atoms with Gasteiger partial charge in [0, 0.05) is 10.9 Å². The summed E-state index contributed by atoms with van der Waals surface area (Å²) in [6, 6.07) is 7.85. The monoisotopic (exact) mass is 227 g/mol. The molecule has 0 fully saturated rings. The van der Waals surface area contributed by atoms with E-state index >= 15 is 0 Å².